The number of carboxylic acids is 1. The van der Waals surface area contributed by atoms with Crippen LogP contribution in [0.2, 0.25) is 0 Å². The third-order valence-corrected chi connectivity index (χ3v) is 4.52. The Bertz CT molecular complexity index is 740. The summed E-state index contributed by atoms with van der Waals surface area (Å²) in [7, 11) is 0. The molecule has 8 heteroatoms. The second kappa shape index (κ2) is 29.2. The average molecular weight is 506 g/mol. The second-order valence-electron chi connectivity index (χ2n) is 7.52. The molecule has 0 bridgehead atoms. The molecule has 0 fully saturated rings. The van der Waals surface area contributed by atoms with Gasteiger partial charge in [-0.1, -0.05) is 112 Å². The standard InChI is InChI=1S/C27H39NO5.2Na.2H/c1-2-3-4-5-6-7-8-9-10-11-12-13-14-15-16-17-18-19-20-21-26(31)33-27(32)24(28)22-23-25(29)30;;;;/h10-21,24H,2-9,22-23,28H2,1H3,(H,29,30);;;;/b11-10+,13-12+,15-14+,17-16+,19-18+,21-20+;;;;/t24-;;;;/m0..../s1. The van der Waals surface area contributed by atoms with E-state index in [1.807, 2.05) is 30.4 Å². The minimum absolute atomic E-state index is 0. The Balaban J connectivity index is -0.00000512. The van der Waals surface area contributed by atoms with Crippen LogP contribution < -0.4 is 5.73 Å². The van der Waals surface area contributed by atoms with Gasteiger partial charge in [0, 0.05) is 12.5 Å². The van der Waals surface area contributed by atoms with E-state index in [4.69, 9.17) is 10.8 Å². The number of hydrogen-bond acceptors (Lipinski definition) is 5. The van der Waals surface area contributed by atoms with Crippen LogP contribution in [-0.2, 0) is 19.1 Å². The molecule has 1 atom stereocenters. The third kappa shape index (κ3) is 29.1. The van der Waals surface area contributed by atoms with Crippen LogP contribution in [0.3, 0.4) is 0 Å². The molecule has 0 aromatic carbocycles. The SMILES string of the molecule is CCCCCCCCC/C=C/C=C/C=C/C=C/C=C/C=C/C(=O)OC(=O)[C@@H](N)CCC(=O)O.[NaH].[NaH]. The van der Waals surface area contributed by atoms with Gasteiger partial charge in [-0.05, 0) is 19.3 Å². The van der Waals surface area contributed by atoms with Gasteiger partial charge in [0.15, 0.2) is 0 Å². The zero-order chi connectivity index (χ0) is 24.6. The summed E-state index contributed by atoms with van der Waals surface area (Å²) in [6, 6.07) is -1.14. The molecule has 0 amide bonds. The van der Waals surface area contributed by atoms with E-state index in [1.54, 1.807) is 18.2 Å². The van der Waals surface area contributed by atoms with Gasteiger partial charge in [-0.15, -0.1) is 0 Å². The van der Waals surface area contributed by atoms with Crippen molar-refractivity contribution in [2.24, 2.45) is 5.73 Å². The number of hydrogen-bond donors (Lipinski definition) is 2. The quantitative estimate of drug-likeness (QED) is 0.0713. The number of esters is 2. The van der Waals surface area contributed by atoms with Crippen molar-refractivity contribution in [1.82, 2.24) is 0 Å². The van der Waals surface area contributed by atoms with Crippen LogP contribution in [0.5, 0.6) is 0 Å². The maximum absolute atomic E-state index is 11.5. The molecule has 0 saturated heterocycles. The molecule has 0 unspecified atom stereocenters. The van der Waals surface area contributed by atoms with Crippen LogP contribution in [0, 0.1) is 0 Å². The van der Waals surface area contributed by atoms with Crippen LogP contribution >= 0.6 is 0 Å². The van der Waals surface area contributed by atoms with Crippen molar-refractivity contribution < 1.29 is 24.2 Å². The van der Waals surface area contributed by atoms with Crippen molar-refractivity contribution in [3.8, 4) is 0 Å². The van der Waals surface area contributed by atoms with Gasteiger partial charge in [-0.25, -0.2) is 9.59 Å². The van der Waals surface area contributed by atoms with E-state index >= 15 is 0 Å². The van der Waals surface area contributed by atoms with Gasteiger partial charge in [0.1, 0.15) is 6.04 Å². The van der Waals surface area contributed by atoms with Crippen LogP contribution in [0.25, 0.3) is 0 Å². The van der Waals surface area contributed by atoms with Crippen LogP contribution in [0.4, 0.5) is 0 Å². The van der Waals surface area contributed by atoms with Gasteiger partial charge >= 0.3 is 77.0 Å². The molecule has 35 heavy (non-hydrogen) atoms. The maximum atomic E-state index is 11.5. The molecule has 6 nitrogen and oxygen atoms in total. The summed E-state index contributed by atoms with van der Waals surface area (Å²) in [6.45, 7) is 2.24. The zero-order valence-corrected chi connectivity index (χ0v) is 19.7. The van der Waals surface area contributed by atoms with E-state index in [-0.39, 0.29) is 72.0 Å². The topological polar surface area (TPSA) is 107 Å². The fourth-order valence-electron chi connectivity index (χ4n) is 2.65. The second-order valence-corrected chi connectivity index (χ2v) is 7.52. The first-order chi connectivity index (χ1) is 16.0. The van der Waals surface area contributed by atoms with Crippen LogP contribution in [-0.4, -0.2) is 88.2 Å². The summed E-state index contributed by atoms with van der Waals surface area (Å²) in [5.41, 5.74) is 5.46. The van der Waals surface area contributed by atoms with Crippen molar-refractivity contribution >= 4 is 77.0 Å². The van der Waals surface area contributed by atoms with Gasteiger partial charge in [0.05, 0.1) is 0 Å². The Morgan fingerprint density at radius 2 is 1.26 bits per heavy atom. The van der Waals surface area contributed by atoms with E-state index in [9.17, 15) is 14.4 Å². The predicted molar refractivity (Wildman–Crippen MR) is 148 cm³/mol. The zero-order valence-electron chi connectivity index (χ0n) is 19.7. The molecular formula is C27H41NNa2O5. The van der Waals surface area contributed by atoms with Gasteiger partial charge in [-0.2, -0.15) is 0 Å². The number of rotatable bonds is 18. The van der Waals surface area contributed by atoms with Crippen LogP contribution in [0.1, 0.15) is 71.1 Å². The number of aliphatic carboxylic acids is 1. The molecule has 0 aliphatic rings. The number of carbonyl (C=O) groups excluding carboxylic acids is 2. The summed E-state index contributed by atoms with van der Waals surface area (Å²) in [5, 5.41) is 8.54. The molecule has 0 aliphatic carbocycles. The molecule has 0 heterocycles. The van der Waals surface area contributed by atoms with E-state index in [1.165, 1.54) is 51.0 Å². The molecule has 0 aromatic heterocycles. The molecule has 0 saturated carbocycles. The number of carboxylic acid groups (broad SMARTS) is 1. The van der Waals surface area contributed by atoms with Gasteiger partial charge in [0.25, 0.3) is 0 Å². The van der Waals surface area contributed by atoms with Gasteiger partial charge in [-0.3, -0.25) is 4.79 Å². The average Bonchev–Trinajstić information content (AvgIpc) is 2.78. The summed E-state index contributed by atoms with van der Waals surface area (Å²) >= 11 is 0. The number of unbranched alkanes of at least 4 members (excludes halogenated alkanes) is 7. The predicted octanol–water partition coefficient (Wildman–Crippen LogP) is 4.43. The van der Waals surface area contributed by atoms with Gasteiger partial charge < -0.3 is 15.6 Å². The number of allylic oxidation sites excluding steroid dienone is 11. The first-order valence-electron chi connectivity index (χ1n) is 11.7. The van der Waals surface area contributed by atoms with E-state index in [0.717, 1.165) is 12.5 Å². The Kier molecular flexibility index (Phi) is 32.2. The Morgan fingerprint density at radius 1 is 0.771 bits per heavy atom. The monoisotopic (exact) mass is 505 g/mol. The van der Waals surface area contributed by atoms with Crippen molar-refractivity contribution in [2.45, 2.75) is 77.2 Å². The summed E-state index contributed by atoms with van der Waals surface area (Å²) < 4.78 is 4.52. The fourth-order valence-corrected chi connectivity index (χ4v) is 2.65. The molecule has 0 aliphatic heterocycles. The Labute approximate surface area is 255 Å². The minimum atomic E-state index is -1.14. The third-order valence-electron chi connectivity index (χ3n) is 4.52. The van der Waals surface area contributed by atoms with Crippen molar-refractivity contribution in [2.75, 3.05) is 0 Å². The molecule has 0 radical (unpaired) electrons. The summed E-state index contributed by atoms with van der Waals surface area (Å²) in [6.07, 6.45) is 31.6. The van der Waals surface area contributed by atoms with Crippen LogP contribution in [0.15, 0.2) is 72.9 Å². The number of nitrogens with two attached hydrogens (primary N) is 1. The molecule has 0 aromatic rings. The first kappa shape index (κ1) is 38.5. The molecule has 0 spiro atoms. The van der Waals surface area contributed by atoms with Gasteiger partial charge in [0.2, 0.25) is 0 Å². The first-order valence-corrected chi connectivity index (χ1v) is 11.7. The van der Waals surface area contributed by atoms with Crippen molar-refractivity contribution in [3.63, 3.8) is 0 Å². The van der Waals surface area contributed by atoms with Crippen molar-refractivity contribution in [1.29, 1.82) is 0 Å². The Morgan fingerprint density at radius 3 is 1.80 bits per heavy atom. The number of carbonyl (C=O) groups is 3. The molecule has 186 valence electrons. The molecule has 0 rings (SSSR count). The molecular weight excluding hydrogens is 464 g/mol. The summed E-state index contributed by atoms with van der Waals surface area (Å²) in [4.78, 5) is 33.5. The van der Waals surface area contributed by atoms with E-state index < -0.39 is 23.9 Å². The number of ether oxygens (including phenoxy) is 1. The van der Waals surface area contributed by atoms with E-state index in [2.05, 4.69) is 23.8 Å². The van der Waals surface area contributed by atoms with Crippen molar-refractivity contribution in [3.05, 3.63) is 72.9 Å². The summed E-state index contributed by atoms with van der Waals surface area (Å²) in [5.74, 6) is -2.87. The molecule has 3 N–H and O–H groups in total. The fraction of sp³-hybridized carbons (Fsp3) is 0.444. The van der Waals surface area contributed by atoms with E-state index in [0.29, 0.717) is 0 Å². The Hall–Kier alpha value is -0.990. The normalized spacial score (nSPS) is 12.6.